The summed E-state index contributed by atoms with van der Waals surface area (Å²) in [5.74, 6) is 0.485. The minimum absolute atomic E-state index is 0.109. The van der Waals surface area contributed by atoms with Crippen LogP contribution in [-0.4, -0.2) is 19.7 Å². The van der Waals surface area contributed by atoms with Gasteiger partial charge in [-0.05, 0) is 43.7 Å². The van der Waals surface area contributed by atoms with E-state index in [1.807, 2.05) is 48.9 Å². The van der Waals surface area contributed by atoms with E-state index in [2.05, 4.69) is 15.1 Å². The summed E-state index contributed by atoms with van der Waals surface area (Å²) in [6.07, 6.45) is -3.33. The lowest BCUT2D eigenvalue weighted by Crippen LogP contribution is -2.08. The molecule has 0 saturated carbocycles. The van der Waals surface area contributed by atoms with E-state index in [-0.39, 0.29) is 5.16 Å². The van der Waals surface area contributed by atoms with Crippen LogP contribution in [0.1, 0.15) is 22.6 Å². The lowest BCUT2D eigenvalue weighted by atomic mass is 10.2. The number of hydrogen-bond acceptors (Lipinski definition) is 4. The van der Waals surface area contributed by atoms with E-state index in [1.165, 1.54) is 11.8 Å². The van der Waals surface area contributed by atoms with E-state index in [1.54, 1.807) is 0 Å². The van der Waals surface area contributed by atoms with Crippen molar-refractivity contribution in [2.75, 3.05) is 0 Å². The molecule has 0 aliphatic rings. The third-order valence-corrected chi connectivity index (χ3v) is 4.41. The van der Waals surface area contributed by atoms with Gasteiger partial charge in [-0.25, -0.2) is 14.6 Å². The molecule has 0 spiro atoms. The van der Waals surface area contributed by atoms with Crippen LogP contribution in [0.3, 0.4) is 0 Å². The van der Waals surface area contributed by atoms with Crippen LogP contribution in [0.5, 0.6) is 0 Å². The Kier molecular flexibility index (Phi) is 4.80. The summed E-state index contributed by atoms with van der Waals surface area (Å²) in [5.41, 5.74) is 2.96. The molecule has 130 valence electrons. The minimum Gasteiger partial charge on any atom is -0.238 e. The summed E-state index contributed by atoms with van der Waals surface area (Å²) in [6.45, 7) is 3.91. The molecule has 0 atom stereocenters. The molecule has 2 aromatic heterocycles. The summed E-state index contributed by atoms with van der Waals surface area (Å²) in [5, 5.41) is 4.53. The zero-order valence-electron chi connectivity index (χ0n) is 13.6. The van der Waals surface area contributed by atoms with Crippen LogP contribution < -0.4 is 0 Å². The van der Waals surface area contributed by atoms with Gasteiger partial charge in [0.15, 0.2) is 5.16 Å². The summed E-state index contributed by atoms with van der Waals surface area (Å²) < 4.78 is 39.8. The number of aromatic nitrogens is 4. The number of alkyl halides is 3. The van der Waals surface area contributed by atoms with Crippen LogP contribution in [-0.2, 0) is 11.9 Å². The van der Waals surface area contributed by atoms with Gasteiger partial charge in [0.05, 0.1) is 11.4 Å². The van der Waals surface area contributed by atoms with Crippen molar-refractivity contribution in [3.05, 3.63) is 65.2 Å². The second kappa shape index (κ2) is 6.87. The smallest absolute Gasteiger partial charge is 0.238 e. The molecule has 0 aliphatic carbocycles. The molecule has 0 bridgehead atoms. The van der Waals surface area contributed by atoms with Gasteiger partial charge in [-0.2, -0.15) is 18.3 Å². The average Bonchev–Trinajstić information content (AvgIpc) is 2.91. The Morgan fingerprint density at radius 2 is 1.80 bits per heavy atom. The molecular formula is C17H15F3N4S. The average molecular weight is 364 g/mol. The number of aryl methyl sites for hydroxylation is 2. The molecule has 0 N–H and O–H groups in total. The van der Waals surface area contributed by atoms with Crippen LogP contribution >= 0.6 is 11.8 Å². The molecule has 0 radical (unpaired) electrons. The fraction of sp³-hybridized carbons (Fsp3) is 0.235. The first kappa shape index (κ1) is 17.5. The Bertz CT molecular complexity index is 872. The molecule has 1 aromatic carbocycles. The summed E-state index contributed by atoms with van der Waals surface area (Å²) >= 11 is 1.17. The first-order chi connectivity index (χ1) is 11.8. The summed E-state index contributed by atoms with van der Waals surface area (Å²) in [6, 6.07) is 10.6. The monoisotopic (exact) mass is 364 g/mol. The third kappa shape index (κ3) is 4.19. The number of benzene rings is 1. The van der Waals surface area contributed by atoms with Gasteiger partial charge in [-0.1, -0.05) is 23.9 Å². The Balaban J connectivity index is 1.69. The molecule has 2 heterocycles. The normalized spacial score (nSPS) is 11.7. The highest BCUT2D eigenvalue weighted by Gasteiger charge is 2.32. The fourth-order valence-corrected chi connectivity index (χ4v) is 3.13. The molecule has 25 heavy (non-hydrogen) atoms. The number of thioether (sulfide) groups is 1. The van der Waals surface area contributed by atoms with E-state index >= 15 is 0 Å². The van der Waals surface area contributed by atoms with E-state index in [4.69, 9.17) is 0 Å². The fourth-order valence-electron chi connectivity index (χ4n) is 2.34. The van der Waals surface area contributed by atoms with Crippen molar-refractivity contribution < 1.29 is 13.2 Å². The molecule has 3 aromatic rings. The van der Waals surface area contributed by atoms with Gasteiger partial charge >= 0.3 is 6.18 Å². The minimum atomic E-state index is -4.46. The Morgan fingerprint density at radius 1 is 1.08 bits per heavy atom. The molecule has 0 fully saturated rings. The number of hydrogen-bond donors (Lipinski definition) is 0. The maximum absolute atomic E-state index is 12.7. The number of halogens is 3. The van der Waals surface area contributed by atoms with Crippen molar-refractivity contribution in [3.63, 3.8) is 0 Å². The van der Waals surface area contributed by atoms with Gasteiger partial charge in [-0.15, -0.1) is 0 Å². The summed E-state index contributed by atoms with van der Waals surface area (Å²) in [4.78, 5) is 7.44. The maximum atomic E-state index is 12.7. The van der Waals surface area contributed by atoms with Crippen molar-refractivity contribution in [1.82, 2.24) is 19.7 Å². The van der Waals surface area contributed by atoms with Crippen LogP contribution in [0, 0.1) is 13.8 Å². The second-order valence-corrected chi connectivity index (χ2v) is 6.46. The lowest BCUT2D eigenvalue weighted by Gasteiger charge is -2.08. The van der Waals surface area contributed by atoms with Gasteiger partial charge in [0.1, 0.15) is 5.69 Å². The van der Waals surface area contributed by atoms with Crippen LogP contribution in [0.25, 0.3) is 5.69 Å². The second-order valence-electron chi connectivity index (χ2n) is 5.52. The predicted octanol–water partition coefficient (Wildman–Crippen LogP) is 4.59. The number of rotatable bonds is 4. The van der Waals surface area contributed by atoms with E-state index in [0.717, 1.165) is 34.9 Å². The summed E-state index contributed by atoms with van der Waals surface area (Å²) in [7, 11) is 0. The molecule has 4 nitrogen and oxygen atoms in total. The molecule has 0 aliphatic heterocycles. The predicted molar refractivity (Wildman–Crippen MR) is 89.6 cm³/mol. The highest BCUT2D eigenvalue weighted by molar-refractivity contribution is 7.98. The molecule has 0 saturated heterocycles. The van der Waals surface area contributed by atoms with Gasteiger partial charge in [0.25, 0.3) is 0 Å². The number of nitrogens with zero attached hydrogens (tertiary/aromatic N) is 4. The highest BCUT2D eigenvalue weighted by atomic mass is 32.2. The third-order valence-electron chi connectivity index (χ3n) is 3.48. The lowest BCUT2D eigenvalue weighted by molar-refractivity contribution is -0.141. The molecule has 3 rings (SSSR count). The highest BCUT2D eigenvalue weighted by Crippen LogP contribution is 2.29. The first-order valence-corrected chi connectivity index (χ1v) is 8.47. The van der Waals surface area contributed by atoms with Crippen molar-refractivity contribution in [2.45, 2.75) is 30.9 Å². The Hall–Kier alpha value is -2.35. The van der Waals surface area contributed by atoms with Crippen molar-refractivity contribution in [3.8, 4) is 5.69 Å². The van der Waals surface area contributed by atoms with Crippen molar-refractivity contribution in [2.24, 2.45) is 0 Å². The first-order valence-electron chi connectivity index (χ1n) is 7.48. The van der Waals surface area contributed by atoms with Gasteiger partial charge in [0.2, 0.25) is 0 Å². The SMILES string of the molecule is Cc1cc(C)n(-c2ccc(CSc3nccc(C(F)(F)F)n3)cc2)n1. The quantitative estimate of drug-likeness (QED) is 0.502. The van der Waals surface area contributed by atoms with Crippen LogP contribution in [0.15, 0.2) is 47.8 Å². The van der Waals surface area contributed by atoms with E-state index < -0.39 is 11.9 Å². The van der Waals surface area contributed by atoms with Crippen LogP contribution in [0.2, 0.25) is 0 Å². The van der Waals surface area contributed by atoms with E-state index in [9.17, 15) is 13.2 Å². The Labute approximate surface area is 147 Å². The largest absolute Gasteiger partial charge is 0.433 e. The standard InChI is InChI=1S/C17H15F3N4S/c1-11-9-12(2)24(23-11)14-5-3-13(4-6-14)10-25-16-21-8-7-15(22-16)17(18,19)20/h3-9H,10H2,1-2H3. The van der Waals surface area contributed by atoms with Gasteiger partial charge in [0, 0.05) is 17.6 Å². The van der Waals surface area contributed by atoms with E-state index in [0.29, 0.717) is 5.75 Å². The van der Waals surface area contributed by atoms with Gasteiger partial charge < -0.3 is 0 Å². The van der Waals surface area contributed by atoms with Crippen molar-refractivity contribution >= 4 is 11.8 Å². The zero-order valence-corrected chi connectivity index (χ0v) is 14.4. The Morgan fingerprint density at radius 3 is 2.40 bits per heavy atom. The van der Waals surface area contributed by atoms with Crippen molar-refractivity contribution in [1.29, 1.82) is 0 Å². The molecule has 8 heteroatoms. The van der Waals surface area contributed by atoms with Crippen LogP contribution in [0.4, 0.5) is 13.2 Å². The van der Waals surface area contributed by atoms with Gasteiger partial charge in [-0.3, -0.25) is 0 Å². The molecule has 0 unspecified atom stereocenters. The zero-order chi connectivity index (χ0) is 18.0. The molecular weight excluding hydrogens is 349 g/mol. The maximum Gasteiger partial charge on any atom is 0.433 e. The topological polar surface area (TPSA) is 43.6 Å². The molecule has 0 amide bonds.